The summed E-state index contributed by atoms with van der Waals surface area (Å²) < 4.78 is 18.4. The number of aromatic nitrogens is 4. The van der Waals surface area contributed by atoms with Crippen LogP contribution in [0.1, 0.15) is 11.3 Å². The summed E-state index contributed by atoms with van der Waals surface area (Å²) in [7, 11) is 0. The van der Waals surface area contributed by atoms with Crippen molar-refractivity contribution in [3.05, 3.63) is 84.5 Å². The SMILES string of the molecule is Fc1ccc(CNc2nc(NCc3ccco3)cc(Nc3cnccn3)n2)cc1. The highest BCUT2D eigenvalue weighted by Crippen LogP contribution is 2.19. The number of rotatable bonds is 8. The van der Waals surface area contributed by atoms with Gasteiger partial charge in [-0.15, -0.1) is 0 Å². The van der Waals surface area contributed by atoms with Crippen LogP contribution in [0.15, 0.2) is 71.7 Å². The van der Waals surface area contributed by atoms with Crippen molar-refractivity contribution in [3.63, 3.8) is 0 Å². The zero-order valence-electron chi connectivity index (χ0n) is 15.3. The molecule has 0 aliphatic heterocycles. The van der Waals surface area contributed by atoms with Crippen LogP contribution in [-0.4, -0.2) is 19.9 Å². The number of furan rings is 1. The van der Waals surface area contributed by atoms with Gasteiger partial charge in [-0.25, -0.2) is 9.37 Å². The molecule has 146 valence electrons. The number of hydrogen-bond acceptors (Lipinski definition) is 8. The van der Waals surface area contributed by atoms with Crippen molar-refractivity contribution >= 4 is 23.4 Å². The third-order valence-electron chi connectivity index (χ3n) is 3.93. The van der Waals surface area contributed by atoms with E-state index in [2.05, 4.69) is 35.9 Å². The molecule has 8 nitrogen and oxygen atoms in total. The summed E-state index contributed by atoms with van der Waals surface area (Å²) in [6.45, 7) is 0.929. The van der Waals surface area contributed by atoms with E-state index in [4.69, 9.17) is 4.42 Å². The van der Waals surface area contributed by atoms with Gasteiger partial charge in [0.25, 0.3) is 0 Å². The Kier molecular flexibility index (Phi) is 5.56. The molecule has 0 aliphatic rings. The van der Waals surface area contributed by atoms with Crippen LogP contribution in [0.25, 0.3) is 0 Å². The Hall–Kier alpha value is -4.01. The quantitative estimate of drug-likeness (QED) is 0.415. The van der Waals surface area contributed by atoms with Gasteiger partial charge in [-0.3, -0.25) is 4.98 Å². The Morgan fingerprint density at radius 3 is 2.52 bits per heavy atom. The van der Waals surface area contributed by atoms with Crippen LogP contribution < -0.4 is 16.0 Å². The average Bonchev–Trinajstić information content (AvgIpc) is 3.26. The average molecular weight is 391 g/mol. The van der Waals surface area contributed by atoms with Crippen LogP contribution in [-0.2, 0) is 13.1 Å². The first-order valence-electron chi connectivity index (χ1n) is 8.91. The highest BCUT2D eigenvalue weighted by molar-refractivity contribution is 5.58. The maximum atomic E-state index is 13.1. The van der Waals surface area contributed by atoms with Crippen molar-refractivity contribution in [2.45, 2.75) is 13.1 Å². The van der Waals surface area contributed by atoms with Gasteiger partial charge in [0.05, 0.1) is 19.0 Å². The molecule has 0 aliphatic carbocycles. The third kappa shape index (κ3) is 5.25. The Labute approximate surface area is 166 Å². The number of halogens is 1. The normalized spacial score (nSPS) is 10.5. The first-order valence-corrected chi connectivity index (χ1v) is 8.91. The first-order chi connectivity index (χ1) is 14.2. The molecule has 3 heterocycles. The predicted octanol–water partition coefficient (Wildman–Crippen LogP) is 3.97. The van der Waals surface area contributed by atoms with Crippen molar-refractivity contribution in [1.82, 2.24) is 19.9 Å². The second-order valence-electron chi connectivity index (χ2n) is 6.09. The standard InChI is InChI=1S/C20H18FN7O/c21-15-5-3-14(4-6-15)11-25-20-27-17(24-12-16-2-1-9-29-16)10-18(28-20)26-19-13-22-7-8-23-19/h1-10,13H,11-12H2,(H3,23,24,25,26,27,28). The van der Waals surface area contributed by atoms with Gasteiger partial charge < -0.3 is 20.4 Å². The molecule has 0 saturated carbocycles. The summed E-state index contributed by atoms with van der Waals surface area (Å²) in [6, 6.07) is 11.7. The summed E-state index contributed by atoms with van der Waals surface area (Å²) in [5.41, 5.74) is 0.910. The molecule has 0 fully saturated rings. The van der Waals surface area contributed by atoms with E-state index in [0.29, 0.717) is 36.5 Å². The maximum Gasteiger partial charge on any atom is 0.226 e. The summed E-state index contributed by atoms with van der Waals surface area (Å²) in [6.07, 6.45) is 6.40. The minimum atomic E-state index is -0.274. The summed E-state index contributed by atoms with van der Waals surface area (Å²) in [4.78, 5) is 17.2. The van der Waals surface area contributed by atoms with Gasteiger partial charge in [0.15, 0.2) is 0 Å². The molecule has 1 aromatic carbocycles. The topological polar surface area (TPSA) is 101 Å². The fourth-order valence-electron chi connectivity index (χ4n) is 2.55. The van der Waals surface area contributed by atoms with Crippen molar-refractivity contribution in [1.29, 1.82) is 0 Å². The van der Waals surface area contributed by atoms with E-state index in [1.807, 2.05) is 12.1 Å². The second-order valence-corrected chi connectivity index (χ2v) is 6.09. The Morgan fingerprint density at radius 2 is 1.76 bits per heavy atom. The Balaban J connectivity index is 1.52. The molecule has 9 heteroatoms. The number of nitrogens with zero attached hydrogens (tertiary/aromatic N) is 4. The molecule has 4 aromatic rings. The van der Waals surface area contributed by atoms with E-state index in [0.717, 1.165) is 11.3 Å². The van der Waals surface area contributed by atoms with Gasteiger partial charge in [-0.05, 0) is 29.8 Å². The lowest BCUT2D eigenvalue weighted by atomic mass is 10.2. The largest absolute Gasteiger partial charge is 0.467 e. The van der Waals surface area contributed by atoms with Gasteiger partial charge in [0.1, 0.15) is 29.0 Å². The third-order valence-corrected chi connectivity index (χ3v) is 3.93. The van der Waals surface area contributed by atoms with Crippen LogP contribution >= 0.6 is 0 Å². The van der Waals surface area contributed by atoms with Crippen molar-refractivity contribution < 1.29 is 8.81 Å². The van der Waals surface area contributed by atoms with Crippen molar-refractivity contribution in [2.24, 2.45) is 0 Å². The zero-order chi connectivity index (χ0) is 19.9. The second kappa shape index (κ2) is 8.79. The van der Waals surface area contributed by atoms with Crippen LogP contribution in [0.5, 0.6) is 0 Å². The van der Waals surface area contributed by atoms with Crippen LogP contribution in [0, 0.1) is 5.82 Å². The summed E-state index contributed by atoms with van der Waals surface area (Å²) in [5.74, 6) is 2.63. The van der Waals surface area contributed by atoms with Crippen LogP contribution in [0.4, 0.5) is 27.8 Å². The first kappa shape index (κ1) is 18.4. The molecular weight excluding hydrogens is 373 g/mol. The van der Waals surface area contributed by atoms with E-state index in [9.17, 15) is 4.39 Å². The number of nitrogens with one attached hydrogen (secondary N) is 3. The molecule has 0 saturated heterocycles. The van der Waals surface area contributed by atoms with E-state index < -0.39 is 0 Å². The van der Waals surface area contributed by atoms with E-state index in [1.165, 1.54) is 12.1 Å². The minimum absolute atomic E-state index is 0.274. The predicted molar refractivity (Wildman–Crippen MR) is 107 cm³/mol. The number of hydrogen-bond donors (Lipinski definition) is 3. The molecule has 3 N–H and O–H groups in total. The molecule has 0 atom stereocenters. The summed E-state index contributed by atoms with van der Waals surface area (Å²) >= 11 is 0. The summed E-state index contributed by atoms with van der Waals surface area (Å²) in [5, 5.41) is 9.47. The fourth-order valence-corrected chi connectivity index (χ4v) is 2.55. The molecule has 4 rings (SSSR count). The lowest BCUT2D eigenvalue weighted by Gasteiger charge is -2.12. The van der Waals surface area contributed by atoms with E-state index >= 15 is 0 Å². The molecular formula is C20H18FN7O. The zero-order valence-corrected chi connectivity index (χ0v) is 15.3. The van der Waals surface area contributed by atoms with Crippen LogP contribution in [0.3, 0.4) is 0 Å². The number of anilines is 4. The monoisotopic (exact) mass is 391 g/mol. The van der Waals surface area contributed by atoms with Crippen molar-refractivity contribution in [2.75, 3.05) is 16.0 Å². The molecule has 0 bridgehead atoms. The molecule has 3 aromatic heterocycles. The van der Waals surface area contributed by atoms with Gasteiger partial charge in [0, 0.05) is 25.0 Å². The van der Waals surface area contributed by atoms with Gasteiger partial charge in [-0.2, -0.15) is 9.97 Å². The van der Waals surface area contributed by atoms with Gasteiger partial charge >= 0.3 is 0 Å². The van der Waals surface area contributed by atoms with Crippen molar-refractivity contribution in [3.8, 4) is 0 Å². The Morgan fingerprint density at radius 1 is 0.897 bits per heavy atom. The fraction of sp³-hybridized carbons (Fsp3) is 0.100. The Bertz CT molecular complexity index is 1040. The molecule has 0 amide bonds. The van der Waals surface area contributed by atoms with Gasteiger partial charge in [-0.1, -0.05) is 12.1 Å². The maximum absolute atomic E-state index is 13.1. The molecule has 0 unspecified atom stereocenters. The lowest BCUT2D eigenvalue weighted by molar-refractivity contribution is 0.518. The molecule has 29 heavy (non-hydrogen) atoms. The van der Waals surface area contributed by atoms with Gasteiger partial charge in [0.2, 0.25) is 5.95 Å². The lowest BCUT2D eigenvalue weighted by Crippen LogP contribution is -2.09. The molecule has 0 radical (unpaired) electrons. The van der Waals surface area contributed by atoms with E-state index in [1.54, 1.807) is 43.1 Å². The highest BCUT2D eigenvalue weighted by Gasteiger charge is 2.07. The van der Waals surface area contributed by atoms with Crippen LogP contribution in [0.2, 0.25) is 0 Å². The number of benzene rings is 1. The smallest absolute Gasteiger partial charge is 0.226 e. The van der Waals surface area contributed by atoms with E-state index in [-0.39, 0.29) is 5.82 Å². The highest BCUT2D eigenvalue weighted by atomic mass is 19.1. The minimum Gasteiger partial charge on any atom is -0.467 e. The molecule has 0 spiro atoms.